The van der Waals surface area contributed by atoms with Crippen LogP contribution in [0.3, 0.4) is 0 Å². The summed E-state index contributed by atoms with van der Waals surface area (Å²) < 4.78 is 26.5. The number of nitrogens with one attached hydrogen (secondary N) is 1. The van der Waals surface area contributed by atoms with E-state index >= 15 is 0 Å². The van der Waals surface area contributed by atoms with Gasteiger partial charge in [0.05, 0.1) is 5.69 Å². The second-order valence-corrected chi connectivity index (χ2v) is 3.89. The van der Waals surface area contributed by atoms with Crippen molar-refractivity contribution in [3.8, 4) is 0 Å². The van der Waals surface area contributed by atoms with Crippen molar-refractivity contribution >= 4 is 17.2 Å². The number of carbonyl (C=O) groups excluding carboxylic acids is 1. The average Bonchev–Trinajstić information content (AvgIpc) is 2.31. The molecule has 2 rings (SSSR count). The number of halogens is 2. The number of carbonyl (C=O) groups is 1. The molecule has 18 heavy (non-hydrogen) atoms. The van der Waals surface area contributed by atoms with E-state index in [0.717, 1.165) is 0 Å². The average molecular weight is 247 g/mol. The summed E-state index contributed by atoms with van der Waals surface area (Å²) >= 11 is 0. The number of benzene rings is 2. The van der Waals surface area contributed by atoms with Crippen LogP contribution in [-0.2, 0) is 0 Å². The van der Waals surface area contributed by atoms with E-state index in [1.807, 2.05) is 0 Å². The molecular weight excluding hydrogens is 236 g/mol. The van der Waals surface area contributed by atoms with Gasteiger partial charge in [-0.2, -0.15) is 0 Å². The Morgan fingerprint density at radius 2 is 1.89 bits per heavy atom. The van der Waals surface area contributed by atoms with Crippen molar-refractivity contribution in [3.05, 3.63) is 59.7 Å². The molecule has 0 radical (unpaired) electrons. The Balaban J connectivity index is 2.33. The van der Waals surface area contributed by atoms with E-state index < -0.39 is 11.6 Å². The highest BCUT2D eigenvalue weighted by atomic mass is 19.1. The smallest absolute Gasteiger partial charge is 0.159 e. The maximum atomic E-state index is 13.6. The number of rotatable bonds is 3. The Kier molecular flexibility index (Phi) is 3.37. The first kappa shape index (κ1) is 12.2. The van der Waals surface area contributed by atoms with Gasteiger partial charge in [-0.25, -0.2) is 8.78 Å². The van der Waals surface area contributed by atoms with E-state index in [-0.39, 0.29) is 11.5 Å². The van der Waals surface area contributed by atoms with Crippen molar-refractivity contribution < 1.29 is 13.6 Å². The molecule has 0 aliphatic heterocycles. The van der Waals surface area contributed by atoms with Crippen LogP contribution in [0, 0.1) is 11.6 Å². The number of ketones is 1. The molecular formula is C14H11F2NO. The van der Waals surface area contributed by atoms with E-state index in [4.69, 9.17) is 0 Å². The predicted octanol–water partition coefficient (Wildman–Crippen LogP) is 3.91. The first-order valence-electron chi connectivity index (χ1n) is 5.39. The van der Waals surface area contributed by atoms with Gasteiger partial charge in [-0.15, -0.1) is 0 Å². The fourth-order valence-corrected chi connectivity index (χ4v) is 1.56. The minimum Gasteiger partial charge on any atom is -0.353 e. The molecule has 0 bridgehead atoms. The molecule has 0 aromatic heterocycles. The number of hydrogen-bond donors (Lipinski definition) is 1. The minimum absolute atomic E-state index is 0.147. The molecule has 4 heteroatoms. The maximum absolute atomic E-state index is 13.6. The Labute approximate surface area is 103 Å². The van der Waals surface area contributed by atoms with Gasteiger partial charge < -0.3 is 5.32 Å². The van der Waals surface area contributed by atoms with Crippen molar-refractivity contribution in [2.75, 3.05) is 5.32 Å². The topological polar surface area (TPSA) is 29.1 Å². The van der Waals surface area contributed by atoms with Crippen LogP contribution in [0.4, 0.5) is 20.2 Å². The molecule has 2 aromatic rings. The minimum atomic E-state index is -0.496. The summed E-state index contributed by atoms with van der Waals surface area (Å²) in [5, 5.41) is 2.74. The summed E-state index contributed by atoms with van der Waals surface area (Å²) in [6.07, 6.45) is 0. The first-order valence-corrected chi connectivity index (χ1v) is 5.39. The second-order valence-electron chi connectivity index (χ2n) is 3.89. The molecule has 0 amide bonds. The van der Waals surface area contributed by atoms with Crippen molar-refractivity contribution in [1.82, 2.24) is 0 Å². The van der Waals surface area contributed by atoms with E-state index in [0.29, 0.717) is 11.3 Å². The van der Waals surface area contributed by atoms with Crippen LogP contribution in [0.1, 0.15) is 17.3 Å². The highest BCUT2D eigenvalue weighted by Crippen LogP contribution is 2.22. The van der Waals surface area contributed by atoms with Gasteiger partial charge in [0, 0.05) is 11.3 Å². The molecule has 1 N–H and O–H groups in total. The van der Waals surface area contributed by atoms with Gasteiger partial charge in [0.1, 0.15) is 11.6 Å². The highest BCUT2D eigenvalue weighted by Gasteiger charge is 2.07. The number of anilines is 2. The zero-order valence-corrected chi connectivity index (χ0v) is 9.71. The van der Waals surface area contributed by atoms with Gasteiger partial charge in [-0.3, -0.25) is 4.79 Å². The van der Waals surface area contributed by atoms with Crippen molar-refractivity contribution in [3.63, 3.8) is 0 Å². The van der Waals surface area contributed by atoms with E-state index in [9.17, 15) is 13.6 Å². The Morgan fingerprint density at radius 3 is 2.56 bits per heavy atom. The Morgan fingerprint density at radius 1 is 1.11 bits per heavy atom. The van der Waals surface area contributed by atoms with Crippen molar-refractivity contribution in [1.29, 1.82) is 0 Å². The van der Waals surface area contributed by atoms with Crippen LogP contribution < -0.4 is 5.32 Å². The third-order valence-corrected chi connectivity index (χ3v) is 2.48. The molecule has 0 spiro atoms. The normalized spacial score (nSPS) is 10.2. The van der Waals surface area contributed by atoms with Crippen LogP contribution in [0.15, 0.2) is 42.5 Å². The molecule has 0 atom stereocenters. The predicted molar refractivity (Wildman–Crippen MR) is 66.1 cm³/mol. The molecule has 0 saturated heterocycles. The molecule has 0 aliphatic carbocycles. The van der Waals surface area contributed by atoms with E-state index in [1.54, 1.807) is 6.07 Å². The van der Waals surface area contributed by atoms with E-state index in [1.165, 1.54) is 43.3 Å². The lowest BCUT2D eigenvalue weighted by Crippen LogP contribution is -1.98. The lowest BCUT2D eigenvalue weighted by atomic mass is 10.1. The third-order valence-electron chi connectivity index (χ3n) is 2.48. The largest absolute Gasteiger partial charge is 0.353 e. The standard InChI is InChI=1S/C14H11F2NO/c1-9(18)10-5-6-13(16)14(7-10)17-12-4-2-3-11(15)8-12/h2-8,17H,1H3. The fourth-order valence-electron chi connectivity index (χ4n) is 1.56. The van der Waals surface area contributed by atoms with Gasteiger partial charge in [0.2, 0.25) is 0 Å². The summed E-state index contributed by atoms with van der Waals surface area (Å²) in [7, 11) is 0. The van der Waals surface area contributed by atoms with Gasteiger partial charge in [0.15, 0.2) is 5.78 Å². The molecule has 92 valence electrons. The SMILES string of the molecule is CC(=O)c1ccc(F)c(Nc2cccc(F)c2)c1. The molecule has 0 fully saturated rings. The lowest BCUT2D eigenvalue weighted by molar-refractivity contribution is 0.101. The van der Waals surface area contributed by atoms with Crippen molar-refractivity contribution in [2.24, 2.45) is 0 Å². The zero-order valence-electron chi connectivity index (χ0n) is 9.71. The summed E-state index contributed by atoms with van der Waals surface area (Å²) in [6.45, 7) is 1.40. The van der Waals surface area contributed by atoms with Gasteiger partial charge in [-0.05, 0) is 43.3 Å². The second kappa shape index (κ2) is 4.96. The quantitative estimate of drug-likeness (QED) is 0.833. The van der Waals surface area contributed by atoms with Crippen LogP contribution in [0.5, 0.6) is 0 Å². The van der Waals surface area contributed by atoms with E-state index in [2.05, 4.69) is 5.32 Å². The van der Waals surface area contributed by atoms with Gasteiger partial charge in [0.25, 0.3) is 0 Å². The molecule has 0 saturated carbocycles. The van der Waals surface area contributed by atoms with Crippen LogP contribution in [-0.4, -0.2) is 5.78 Å². The zero-order chi connectivity index (χ0) is 13.1. The summed E-state index contributed by atoms with van der Waals surface area (Å²) in [5.74, 6) is -1.07. The Bertz CT molecular complexity index is 596. The lowest BCUT2D eigenvalue weighted by Gasteiger charge is -2.08. The van der Waals surface area contributed by atoms with Gasteiger partial charge >= 0.3 is 0 Å². The van der Waals surface area contributed by atoms with Crippen LogP contribution in [0.25, 0.3) is 0 Å². The monoisotopic (exact) mass is 247 g/mol. The number of Topliss-reactive ketones (excluding diaryl/α,β-unsaturated/α-hetero) is 1. The maximum Gasteiger partial charge on any atom is 0.159 e. The highest BCUT2D eigenvalue weighted by molar-refractivity contribution is 5.95. The fraction of sp³-hybridized carbons (Fsp3) is 0.0714. The third kappa shape index (κ3) is 2.71. The molecule has 0 heterocycles. The number of hydrogen-bond acceptors (Lipinski definition) is 2. The molecule has 2 aromatic carbocycles. The molecule has 0 aliphatic rings. The summed E-state index contributed by atoms with van der Waals surface area (Å²) in [5.41, 5.74) is 0.971. The van der Waals surface area contributed by atoms with Crippen LogP contribution in [0.2, 0.25) is 0 Å². The first-order chi connectivity index (χ1) is 8.56. The summed E-state index contributed by atoms with van der Waals surface area (Å²) in [6, 6.07) is 9.70. The van der Waals surface area contributed by atoms with Crippen LogP contribution >= 0.6 is 0 Å². The van der Waals surface area contributed by atoms with Crippen molar-refractivity contribution in [2.45, 2.75) is 6.92 Å². The molecule has 2 nitrogen and oxygen atoms in total. The Hall–Kier alpha value is -2.23. The summed E-state index contributed by atoms with van der Waals surface area (Å²) in [4.78, 5) is 11.2. The van der Waals surface area contributed by atoms with Gasteiger partial charge in [-0.1, -0.05) is 6.07 Å². The molecule has 0 unspecified atom stereocenters.